The lowest BCUT2D eigenvalue weighted by Crippen LogP contribution is -2.33. The fourth-order valence-corrected chi connectivity index (χ4v) is 6.11. The van der Waals surface area contributed by atoms with Crippen molar-refractivity contribution < 1.29 is 13.9 Å². The molecule has 0 saturated carbocycles. The molecule has 2 aliphatic heterocycles. The topological polar surface area (TPSA) is 69.4 Å². The summed E-state index contributed by atoms with van der Waals surface area (Å²) in [5, 5.41) is 0.442. The van der Waals surface area contributed by atoms with Crippen LogP contribution in [0.1, 0.15) is 55.1 Å². The number of halogens is 1. The number of fused-ring (bicyclic) bond motifs is 2. The number of ether oxygens (including phenoxy) is 1. The molecule has 4 aromatic rings. The van der Waals surface area contributed by atoms with Crippen molar-refractivity contribution in [3.63, 3.8) is 0 Å². The molecule has 7 nitrogen and oxygen atoms in total. The second-order valence-electron chi connectivity index (χ2n) is 10.7. The molecular weight excluding hydrogens is 495 g/mol. The first-order chi connectivity index (χ1) is 18.9. The molecule has 39 heavy (non-hydrogen) atoms. The van der Waals surface area contributed by atoms with Gasteiger partial charge in [-0.15, -0.1) is 0 Å². The highest BCUT2D eigenvalue weighted by Crippen LogP contribution is 2.32. The lowest BCUT2D eigenvalue weighted by Gasteiger charge is -2.29. The summed E-state index contributed by atoms with van der Waals surface area (Å²) in [5.74, 6) is -0.640. The molecule has 1 saturated heterocycles. The second-order valence-corrected chi connectivity index (χ2v) is 10.7. The number of benzene rings is 2. The van der Waals surface area contributed by atoms with Crippen molar-refractivity contribution in [3.05, 3.63) is 88.1 Å². The molecule has 2 aromatic carbocycles. The molecule has 0 radical (unpaired) electrons. The Kier molecular flexibility index (Phi) is 6.81. The van der Waals surface area contributed by atoms with Gasteiger partial charge in [-0.25, -0.2) is 14.2 Å². The van der Waals surface area contributed by atoms with Crippen LogP contribution in [0.3, 0.4) is 0 Å². The van der Waals surface area contributed by atoms with E-state index in [1.807, 2.05) is 22.8 Å². The van der Waals surface area contributed by atoms with Gasteiger partial charge in [-0.1, -0.05) is 24.3 Å². The number of rotatable bonds is 6. The maximum atomic E-state index is 15.6. The van der Waals surface area contributed by atoms with Crippen molar-refractivity contribution in [2.24, 2.45) is 0 Å². The SMILES string of the molecule is CCOC(=O)C(c1ncn2c1CCC2)n1ccc2cc(-c3ccc(C4CCN(C)CC4)cc3)cc(F)c2c1=O. The van der Waals surface area contributed by atoms with E-state index in [1.165, 1.54) is 16.2 Å². The van der Waals surface area contributed by atoms with Crippen molar-refractivity contribution in [1.29, 1.82) is 0 Å². The van der Waals surface area contributed by atoms with Crippen molar-refractivity contribution in [2.75, 3.05) is 26.7 Å². The Balaban J connectivity index is 1.36. The molecule has 6 rings (SSSR count). The predicted molar refractivity (Wildman–Crippen MR) is 148 cm³/mol. The maximum absolute atomic E-state index is 15.6. The monoisotopic (exact) mass is 528 g/mol. The number of likely N-dealkylation sites (tertiary alicyclic amines) is 1. The van der Waals surface area contributed by atoms with Crippen LogP contribution in [0.15, 0.2) is 59.8 Å². The van der Waals surface area contributed by atoms with Gasteiger partial charge in [0.1, 0.15) is 5.82 Å². The highest BCUT2D eigenvalue weighted by Gasteiger charge is 2.32. The van der Waals surface area contributed by atoms with Crippen LogP contribution in [-0.2, 0) is 22.5 Å². The highest BCUT2D eigenvalue weighted by atomic mass is 19.1. The van der Waals surface area contributed by atoms with E-state index in [2.05, 4.69) is 29.1 Å². The van der Waals surface area contributed by atoms with Gasteiger partial charge in [-0.3, -0.25) is 9.36 Å². The van der Waals surface area contributed by atoms with Crippen LogP contribution in [0.5, 0.6) is 0 Å². The number of pyridine rings is 1. The molecule has 0 spiro atoms. The molecule has 202 valence electrons. The van der Waals surface area contributed by atoms with E-state index in [1.54, 1.807) is 25.5 Å². The molecule has 0 amide bonds. The Hall–Kier alpha value is -3.78. The molecule has 8 heteroatoms. The van der Waals surface area contributed by atoms with Gasteiger partial charge in [0.05, 0.1) is 24.0 Å². The van der Waals surface area contributed by atoms with Crippen LogP contribution < -0.4 is 5.56 Å². The van der Waals surface area contributed by atoms with E-state index in [9.17, 15) is 9.59 Å². The van der Waals surface area contributed by atoms with Gasteiger partial charge in [0.15, 0.2) is 6.04 Å². The van der Waals surface area contributed by atoms with Crippen LogP contribution in [0.25, 0.3) is 21.9 Å². The minimum Gasteiger partial charge on any atom is -0.464 e. The number of piperidine rings is 1. The Labute approximate surface area is 226 Å². The number of hydrogen-bond donors (Lipinski definition) is 0. The van der Waals surface area contributed by atoms with Gasteiger partial charge in [0.25, 0.3) is 5.56 Å². The summed E-state index contributed by atoms with van der Waals surface area (Å²) in [6.45, 7) is 4.90. The van der Waals surface area contributed by atoms with Gasteiger partial charge in [-0.2, -0.15) is 0 Å². The Morgan fingerprint density at radius 2 is 1.87 bits per heavy atom. The lowest BCUT2D eigenvalue weighted by molar-refractivity contribution is -0.145. The number of carbonyl (C=O) groups is 1. The fourth-order valence-electron chi connectivity index (χ4n) is 6.11. The summed E-state index contributed by atoms with van der Waals surface area (Å²) >= 11 is 0. The van der Waals surface area contributed by atoms with Crippen LogP contribution in [-0.4, -0.2) is 51.7 Å². The zero-order chi connectivity index (χ0) is 27.1. The summed E-state index contributed by atoms with van der Waals surface area (Å²) in [4.78, 5) is 33.6. The fraction of sp³-hybridized carbons (Fsp3) is 0.387. The van der Waals surface area contributed by atoms with Crippen LogP contribution in [0.4, 0.5) is 4.39 Å². The predicted octanol–water partition coefficient (Wildman–Crippen LogP) is 4.91. The number of nitrogens with zero attached hydrogens (tertiary/aromatic N) is 4. The van der Waals surface area contributed by atoms with Crippen LogP contribution in [0.2, 0.25) is 0 Å². The molecule has 0 bridgehead atoms. The lowest BCUT2D eigenvalue weighted by atomic mass is 9.88. The highest BCUT2D eigenvalue weighted by molar-refractivity contribution is 5.88. The van der Waals surface area contributed by atoms with E-state index in [0.29, 0.717) is 22.6 Å². The van der Waals surface area contributed by atoms with Gasteiger partial charge >= 0.3 is 5.97 Å². The number of imidazole rings is 1. The van der Waals surface area contributed by atoms with Crippen molar-refractivity contribution >= 4 is 16.7 Å². The molecule has 2 aliphatic rings. The summed E-state index contributed by atoms with van der Waals surface area (Å²) in [5.41, 5.74) is 3.75. The quantitative estimate of drug-likeness (QED) is 0.333. The maximum Gasteiger partial charge on any atom is 0.335 e. The van der Waals surface area contributed by atoms with E-state index in [-0.39, 0.29) is 12.0 Å². The third kappa shape index (κ3) is 4.67. The number of hydrogen-bond acceptors (Lipinski definition) is 5. The Morgan fingerprint density at radius 1 is 1.10 bits per heavy atom. The van der Waals surface area contributed by atoms with Gasteiger partial charge in [0, 0.05) is 18.4 Å². The number of carbonyl (C=O) groups excluding carboxylic acids is 1. The van der Waals surface area contributed by atoms with Crippen LogP contribution in [0, 0.1) is 5.82 Å². The van der Waals surface area contributed by atoms with E-state index in [4.69, 9.17) is 4.74 Å². The van der Waals surface area contributed by atoms with Crippen molar-refractivity contribution in [3.8, 4) is 11.1 Å². The smallest absolute Gasteiger partial charge is 0.335 e. The minimum absolute atomic E-state index is 0.0469. The molecule has 0 aliphatic carbocycles. The molecule has 0 N–H and O–H groups in total. The zero-order valence-corrected chi connectivity index (χ0v) is 22.4. The molecule has 1 fully saturated rings. The molecule has 4 heterocycles. The first-order valence-corrected chi connectivity index (χ1v) is 13.8. The summed E-state index contributed by atoms with van der Waals surface area (Å²) < 4.78 is 24.2. The van der Waals surface area contributed by atoms with Crippen molar-refractivity contribution in [1.82, 2.24) is 19.0 Å². The van der Waals surface area contributed by atoms with Crippen molar-refractivity contribution in [2.45, 2.75) is 51.1 Å². The molecule has 1 unspecified atom stereocenters. The van der Waals surface area contributed by atoms with Crippen LogP contribution >= 0.6 is 0 Å². The van der Waals surface area contributed by atoms with Gasteiger partial charge in [0.2, 0.25) is 0 Å². The number of esters is 1. The first-order valence-electron chi connectivity index (χ1n) is 13.8. The first kappa shape index (κ1) is 25.5. The number of aryl methyl sites for hydroxylation is 1. The summed E-state index contributed by atoms with van der Waals surface area (Å²) in [6, 6.07) is 12.2. The molecular formula is C31H33FN4O3. The second kappa shape index (κ2) is 10.4. The van der Waals surface area contributed by atoms with Gasteiger partial charge < -0.3 is 14.2 Å². The standard InChI is InChI=1S/C31H33FN4O3/c1-3-39-31(38)29(28-26-5-4-13-35(26)19-33-28)36-16-12-23-17-24(18-25(32)27(23)30(36)37)21-8-6-20(7-9-21)22-10-14-34(2)15-11-22/h6-9,12,16-19,22,29H,3-5,10-11,13-15H2,1-2H3. The third-order valence-electron chi connectivity index (χ3n) is 8.26. The van der Waals surface area contributed by atoms with Gasteiger partial charge in [-0.05, 0) is 98.9 Å². The minimum atomic E-state index is -1.07. The molecule has 1 atom stereocenters. The largest absolute Gasteiger partial charge is 0.464 e. The van der Waals surface area contributed by atoms with E-state index in [0.717, 1.165) is 56.6 Å². The summed E-state index contributed by atoms with van der Waals surface area (Å²) in [6.07, 6.45) is 7.24. The average molecular weight is 529 g/mol. The average Bonchev–Trinajstić information content (AvgIpc) is 3.56. The van der Waals surface area contributed by atoms with E-state index >= 15 is 4.39 Å². The third-order valence-corrected chi connectivity index (χ3v) is 8.26. The Morgan fingerprint density at radius 3 is 2.62 bits per heavy atom. The molecule has 2 aromatic heterocycles. The Bertz CT molecular complexity index is 1580. The normalized spacial score (nSPS) is 16.9. The zero-order valence-electron chi connectivity index (χ0n) is 22.4. The number of aromatic nitrogens is 3. The van der Waals surface area contributed by atoms with E-state index < -0.39 is 23.4 Å². The summed E-state index contributed by atoms with van der Waals surface area (Å²) in [7, 11) is 2.16.